The van der Waals surface area contributed by atoms with Crippen molar-refractivity contribution in [1.29, 1.82) is 0 Å². The van der Waals surface area contributed by atoms with Crippen LogP contribution in [0.1, 0.15) is 24.5 Å². The summed E-state index contributed by atoms with van der Waals surface area (Å²) in [4.78, 5) is 11.3. The maximum absolute atomic E-state index is 9.41. The van der Waals surface area contributed by atoms with Crippen molar-refractivity contribution in [2.75, 3.05) is 11.5 Å². The number of anilines is 1. The number of aliphatic hydroxyl groups excluding tert-OH is 1. The van der Waals surface area contributed by atoms with Gasteiger partial charge in [-0.25, -0.2) is 9.97 Å². The van der Waals surface area contributed by atoms with Crippen molar-refractivity contribution < 1.29 is 5.11 Å². The SMILES string of the molecule is Cc1cccc2ncnc(N(Cc3ccccc3)C(C)CCO)c12. The normalized spacial score (nSPS) is 12.3. The first-order chi connectivity index (χ1) is 11.7. The molecule has 1 aromatic heterocycles. The lowest BCUT2D eigenvalue weighted by molar-refractivity contribution is 0.275. The first-order valence-corrected chi connectivity index (χ1v) is 8.32. The molecule has 1 heterocycles. The van der Waals surface area contributed by atoms with Gasteiger partial charge in [-0.1, -0.05) is 42.5 Å². The number of aliphatic hydroxyl groups is 1. The second kappa shape index (κ2) is 7.41. The topological polar surface area (TPSA) is 49.2 Å². The van der Waals surface area contributed by atoms with Crippen molar-refractivity contribution in [2.24, 2.45) is 0 Å². The molecular formula is C20H23N3O. The number of aromatic nitrogens is 2. The minimum atomic E-state index is 0.161. The molecule has 0 radical (unpaired) electrons. The predicted octanol–water partition coefficient (Wildman–Crippen LogP) is 3.72. The molecule has 0 bridgehead atoms. The highest BCUT2D eigenvalue weighted by atomic mass is 16.3. The van der Waals surface area contributed by atoms with Crippen LogP contribution in [0.4, 0.5) is 5.82 Å². The number of aryl methyl sites for hydroxylation is 1. The summed E-state index contributed by atoms with van der Waals surface area (Å²) < 4.78 is 0. The van der Waals surface area contributed by atoms with Crippen LogP contribution in [0.15, 0.2) is 54.9 Å². The Kier molecular flexibility index (Phi) is 5.06. The van der Waals surface area contributed by atoms with Gasteiger partial charge in [-0.05, 0) is 37.5 Å². The minimum absolute atomic E-state index is 0.161. The Morgan fingerprint density at radius 1 is 1.04 bits per heavy atom. The molecule has 0 fully saturated rings. The third-order valence-electron chi connectivity index (χ3n) is 4.40. The van der Waals surface area contributed by atoms with Gasteiger partial charge in [-0.15, -0.1) is 0 Å². The van der Waals surface area contributed by atoms with E-state index in [1.807, 2.05) is 30.3 Å². The molecule has 3 aromatic rings. The standard InChI is InChI=1S/C20H23N3O/c1-15-7-6-10-18-19(15)20(22-14-21-18)23(16(2)11-12-24)13-17-8-4-3-5-9-17/h3-10,14,16,24H,11-13H2,1-2H3. The van der Waals surface area contributed by atoms with E-state index in [1.54, 1.807) is 6.33 Å². The predicted molar refractivity (Wildman–Crippen MR) is 98.1 cm³/mol. The summed E-state index contributed by atoms with van der Waals surface area (Å²) in [6, 6.07) is 16.7. The molecule has 0 spiro atoms. The molecule has 0 aliphatic heterocycles. The van der Waals surface area contributed by atoms with Gasteiger partial charge in [0, 0.05) is 24.6 Å². The van der Waals surface area contributed by atoms with Gasteiger partial charge in [0.1, 0.15) is 12.1 Å². The molecule has 0 saturated carbocycles. The minimum Gasteiger partial charge on any atom is -0.396 e. The van der Waals surface area contributed by atoms with E-state index in [1.165, 1.54) is 5.56 Å². The molecule has 0 aliphatic rings. The Bertz CT molecular complexity index is 799. The Hall–Kier alpha value is -2.46. The lowest BCUT2D eigenvalue weighted by atomic mass is 10.1. The van der Waals surface area contributed by atoms with Gasteiger partial charge in [-0.2, -0.15) is 0 Å². The Labute approximate surface area is 142 Å². The maximum Gasteiger partial charge on any atom is 0.140 e. The van der Waals surface area contributed by atoms with E-state index < -0.39 is 0 Å². The van der Waals surface area contributed by atoms with Crippen LogP contribution < -0.4 is 4.90 Å². The fourth-order valence-corrected chi connectivity index (χ4v) is 3.04. The van der Waals surface area contributed by atoms with Crippen molar-refractivity contribution in [3.05, 3.63) is 66.0 Å². The summed E-state index contributed by atoms with van der Waals surface area (Å²) in [6.45, 7) is 5.13. The quantitative estimate of drug-likeness (QED) is 0.752. The average molecular weight is 321 g/mol. The first kappa shape index (κ1) is 16.4. The van der Waals surface area contributed by atoms with Crippen molar-refractivity contribution in [3.8, 4) is 0 Å². The molecule has 0 aliphatic carbocycles. The highest BCUT2D eigenvalue weighted by molar-refractivity contribution is 5.92. The number of fused-ring (bicyclic) bond motifs is 1. The molecule has 0 amide bonds. The molecule has 1 atom stereocenters. The Balaban J connectivity index is 2.08. The van der Waals surface area contributed by atoms with E-state index >= 15 is 0 Å². The van der Waals surface area contributed by atoms with Gasteiger partial charge in [0.05, 0.1) is 5.52 Å². The van der Waals surface area contributed by atoms with Crippen LogP contribution in [-0.4, -0.2) is 27.7 Å². The summed E-state index contributed by atoms with van der Waals surface area (Å²) >= 11 is 0. The highest BCUT2D eigenvalue weighted by Crippen LogP contribution is 2.29. The molecule has 4 nitrogen and oxygen atoms in total. The Morgan fingerprint density at radius 2 is 1.83 bits per heavy atom. The summed E-state index contributed by atoms with van der Waals surface area (Å²) in [5, 5.41) is 10.5. The smallest absolute Gasteiger partial charge is 0.140 e. The third kappa shape index (κ3) is 3.39. The Morgan fingerprint density at radius 3 is 2.58 bits per heavy atom. The first-order valence-electron chi connectivity index (χ1n) is 8.32. The summed E-state index contributed by atoms with van der Waals surface area (Å²) in [5.41, 5.74) is 3.34. The molecule has 124 valence electrons. The monoisotopic (exact) mass is 321 g/mol. The number of benzene rings is 2. The molecule has 4 heteroatoms. The van der Waals surface area contributed by atoms with E-state index in [4.69, 9.17) is 0 Å². The van der Waals surface area contributed by atoms with E-state index in [0.29, 0.717) is 6.42 Å². The van der Waals surface area contributed by atoms with Gasteiger partial charge in [-0.3, -0.25) is 0 Å². The van der Waals surface area contributed by atoms with Crippen molar-refractivity contribution in [2.45, 2.75) is 32.9 Å². The van der Waals surface area contributed by atoms with Crippen LogP contribution in [0.2, 0.25) is 0 Å². The van der Waals surface area contributed by atoms with Crippen LogP contribution in [0, 0.1) is 6.92 Å². The van der Waals surface area contributed by atoms with E-state index in [-0.39, 0.29) is 12.6 Å². The molecule has 0 saturated heterocycles. The zero-order chi connectivity index (χ0) is 16.9. The zero-order valence-corrected chi connectivity index (χ0v) is 14.2. The van der Waals surface area contributed by atoms with Gasteiger partial charge in [0.2, 0.25) is 0 Å². The fourth-order valence-electron chi connectivity index (χ4n) is 3.04. The van der Waals surface area contributed by atoms with E-state index in [9.17, 15) is 5.11 Å². The van der Waals surface area contributed by atoms with Crippen molar-refractivity contribution in [3.63, 3.8) is 0 Å². The molecular weight excluding hydrogens is 298 g/mol. The number of nitrogens with zero attached hydrogens (tertiary/aromatic N) is 3. The van der Waals surface area contributed by atoms with Gasteiger partial charge in [0.25, 0.3) is 0 Å². The molecule has 1 unspecified atom stereocenters. The van der Waals surface area contributed by atoms with Gasteiger partial charge >= 0.3 is 0 Å². The zero-order valence-electron chi connectivity index (χ0n) is 14.2. The third-order valence-corrected chi connectivity index (χ3v) is 4.40. The van der Waals surface area contributed by atoms with E-state index in [0.717, 1.165) is 28.8 Å². The van der Waals surface area contributed by atoms with E-state index in [2.05, 4.69) is 46.9 Å². The maximum atomic E-state index is 9.41. The van der Waals surface area contributed by atoms with Crippen LogP contribution in [-0.2, 0) is 6.54 Å². The van der Waals surface area contributed by atoms with Crippen LogP contribution >= 0.6 is 0 Å². The summed E-state index contributed by atoms with van der Waals surface area (Å²) in [5.74, 6) is 0.933. The molecule has 3 rings (SSSR count). The largest absolute Gasteiger partial charge is 0.396 e. The molecule has 1 N–H and O–H groups in total. The summed E-state index contributed by atoms with van der Waals surface area (Å²) in [6.07, 6.45) is 2.32. The fraction of sp³-hybridized carbons (Fsp3) is 0.300. The van der Waals surface area contributed by atoms with Crippen molar-refractivity contribution in [1.82, 2.24) is 9.97 Å². The molecule has 2 aromatic carbocycles. The highest BCUT2D eigenvalue weighted by Gasteiger charge is 2.19. The molecule has 24 heavy (non-hydrogen) atoms. The summed E-state index contributed by atoms with van der Waals surface area (Å²) in [7, 11) is 0. The number of hydrogen-bond acceptors (Lipinski definition) is 4. The lowest BCUT2D eigenvalue weighted by Gasteiger charge is -2.31. The van der Waals surface area contributed by atoms with Crippen LogP contribution in [0.3, 0.4) is 0 Å². The van der Waals surface area contributed by atoms with Gasteiger partial charge in [0.15, 0.2) is 0 Å². The second-order valence-corrected chi connectivity index (χ2v) is 6.14. The van der Waals surface area contributed by atoms with Crippen LogP contribution in [0.5, 0.6) is 0 Å². The van der Waals surface area contributed by atoms with Crippen LogP contribution in [0.25, 0.3) is 10.9 Å². The van der Waals surface area contributed by atoms with Crippen molar-refractivity contribution >= 4 is 16.7 Å². The second-order valence-electron chi connectivity index (χ2n) is 6.14. The number of hydrogen-bond donors (Lipinski definition) is 1. The average Bonchev–Trinajstić information content (AvgIpc) is 2.60. The number of rotatable bonds is 6. The van der Waals surface area contributed by atoms with Gasteiger partial charge < -0.3 is 10.0 Å². The lowest BCUT2D eigenvalue weighted by Crippen LogP contribution is -2.34.